The molecule has 1 aromatic carbocycles. The molecule has 0 aliphatic rings. The molecule has 0 spiro atoms. The van der Waals surface area contributed by atoms with E-state index in [1.54, 1.807) is 12.3 Å². The first-order chi connectivity index (χ1) is 9.06. The third-order valence-electron chi connectivity index (χ3n) is 2.67. The molecular weight excluding hydrogens is 280 g/mol. The summed E-state index contributed by atoms with van der Waals surface area (Å²) in [7, 11) is 0. The van der Waals surface area contributed by atoms with Gasteiger partial charge in [-0.15, -0.1) is 0 Å². The normalized spacial score (nSPS) is 12.1. The van der Waals surface area contributed by atoms with Crippen LogP contribution < -0.4 is 11.1 Å². The molecule has 0 bridgehead atoms. The van der Waals surface area contributed by atoms with Crippen LogP contribution in [0.4, 0.5) is 5.69 Å². The minimum Gasteiger partial charge on any atom is -0.389 e. The number of halogens is 1. The van der Waals surface area contributed by atoms with Crippen LogP contribution in [0, 0.1) is 0 Å². The van der Waals surface area contributed by atoms with Gasteiger partial charge in [-0.1, -0.05) is 23.8 Å². The summed E-state index contributed by atoms with van der Waals surface area (Å²) in [6.07, 6.45) is 3.68. The van der Waals surface area contributed by atoms with E-state index < -0.39 is 0 Å². The van der Waals surface area contributed by atoms with Gasteiger partial charge in [-0.3, -0.25) is 4.68 Å². The van der Waals surface area contributed by atoms with Gasteiger partial charge in [0.1, 0.15) is 4.99 Å². The van der Waals surface area contributed by atoms with Crippen LogP contribution >= 0.6 is 23.8 Å². The lowest BCUT2D eigenvalue weighted by Gasteiger charge is -2.18. The number of rotatable bonds is 5. The summed E-state index contributed by atoms with van der Waals surface area (Å²) in [5, 5.41) is 8.16. The van der Waals surface area contributed by atoms with Crippen LogP contribution in [0.2, 0.25) is 5.02 Å². The van der Waals surface area contributed by atoms with Gasteiger partial charge >= 0.3 is 0 Å². The van der Waals surface area contributed by atoms with Crippen molar-refractivity contribution in [2.45, 2.75) is 19.5 Å². The van der Waals surface area contributed by atoms with Crippen molar-refractivity contribution in [2.24, 2.45) is 5.73 Å². The molecule has 0 saturated carbocycles. The second-order valence-electron chi connectivity index (χ2n) is 4.33. The van der Waals surface area contributed by atoms with Crippen molar-refractivity contribution < 1.29 is 0 Å². The minimum absolute atomic E-state index is 0.189. The Morgan fingerprint density at radius 1 is 1.58 bits per heavy atom. The Morgan fingerprint density at radius 3 is 3.00 bits per heavy atom. The molecule has 0 aliphatic heterocycles. The molecule has 1 aromatic heterocycles. The van der Waals surface area contributed by atoms with Crippen LogP contribution in [-0.4, -0.2) is 20.8 Å². The van der Waals surface area contributed by atoms with Crippen molar-refractivity contribution in [3.8, 4) is 0 Å². The van der Waals surface area contributed by atoms with Gasteiger partial charge in [-0.25, -0.2) is 0 Å². The van der Waals surface area contributed by atoms with E-state index in [9.17, 15) is 0 Å². The number of benzene rings is 1. The number of anilines is 1. The maximum Gasteiger partial charge on any atom is 0.106 e. The van der Waals surface area contributed by atoms with Gasteiger partial charge in [0, 0.05) is 34.7 Å². The van der Waals surface area contributed by atoms with Crippen molar-refractivity contribution in [1.82, 2.24) is 9.78 Å². The Balaban J connectivity index is 2.12. The highest BCUT2D eigenvalue weighted by Crippen LogP contribution is 2.21. The van der Waals surface area contributed by atoms with Crippen LogP contribution in [0.1, 0.15) is 12.5 Å². The average molecular weight is 295 g/mol. The number of aromatic nitrogens is 2. The summed E-state index contributed by atoms with van der Waals surface area (Å²) < 4.78 is 1.87. The molecule has 0 fully saturated rings. The summed E-state index contributed by atoms with van der Waals surface area (Å²) in [5.41, 5.74) is 7.36. The molecule has 0 amide bonds. The van der Waals surface area contributed by atoms with E-state index in [1.165, 1.54) is 0 Å². The van der Waals surface area contributed by atoms with Gasteiger partial charge in [0.15, 0.2) is 0 Å². The zero-order valence-electron chi connectivity index (χ0n) is 10.5. The fraction of sp³-hybridized carbons (Fsp3) is 0.231. The van der Waals surface area contributed by atoms with E-state index in [2.05, 4.69) is 17.3 Å². The Kier molecular flexibility index (Phi) is 4.39. The Morgan fingerprint density at radius 2 is 2.37 bits per heavy atom. The fourth-order valence-corrected chi connectivity index (χ4v) is 2.19. The second kappa shape index (κ2) is 6.04. The smallest absolute Gasteiger partial charge is 0.106 e. The first-order valence-corrected chi connectivity index (χ1v) is 6.68. The van der Waals surface area contributed by atoms with E-state index in [0.717, 1.165) is 17.8 Å². The number of nitrogens with one attached hydrogen (secondary N) is 1. The molecule has 0 aliphatic carbocycles. The summed E-state index contributed by atoms with van der Waals surface area (Å²) >= 11 is 11.0. The van der Waals surface area contributed by atoms with E-state index >= 15 is 0 Å². The van der Waals surface area contributed by atoms with Gasteiger partial charge in [-0.05, 0) is 31.2 Å². The van der Waals surface area contributed by atoms with E-state index in [4.69, 9.17) is 29.6 Å². The highest BCUT2D eigenvalue weighted by Gasteiger charge is 2.09. The predicted octanol–water partition coefficient (Wildman–Crippen LogP) is 2.67. The molecule has 2 aromatic rings. The Labute approximate surface area is 122 Å². The molecule has 1 atom stereocenters. The maximum atomic E-state index is 5.96. The van der Waals surface area contributed by atoms with Crippen molar-refractivity contribution in [3.63, 3.8) is 0 Å². The maximum absolute atomic E-state index is 5.96. The number of thiocarbonyl (C=S) groups is 1. The molecule has 19 heavy (non-hydrogen) atoms. The van der Waals surface area contributed by atoms with Crippen molar-refractivity contribution >= 4 is 34.5 Å². The number of hydrogen-bond acceptors (Lipinski definition) is 3. The van der Waals surface area contributed by atoms with Crippen molar-refractivity contribution in [1.29, 1.82) is 0 Å². The zero-order valence-corrected chi connectivity index (χ0v) is 12.1. The topological polar surface area (TPSA) is 55.9 Å². The van der Waals surface area contributed by atoms with Gasteiger partial charge in [0.25, 0.3) is 0 Å². The fourth-order valence-electron chi connectivity index (χ4n) is 1.85. The molecule has 100 valence electrons. The number of nitrogens with zero attached hydrogens (tertiary/aromatic N) is 2. The van der Waals surface area contributed by atoms with E-state index in [0.29, 0.717) is 10.0 Å². The van der Waals surface area contributed by atoms with Crippen LogP contribution in [0.25, 0.3) is 0 Å². The van der Waals surface area contributed by atoms with Gasteiger partial charge in [0.05, 0.1) is 6.54 Å². The number of nitrogens with two attached hydrogens (primary N) is 1. The number of hydrogen-bond donors (Lipinski definition) is 2. The lowest BCUT2D eigenvalue weighted by molar-refractivity contribution is 0.561. The molecule has 0 saturated heterocycles. The highest BCUT2D eigenvalue weighted by atomic mass is 35.5. The summed E-state index contributed by atoms with van der Waals surface area (Å²) in [5.74, 6) is 0. The van der Waals surface area contributed by atoms with Crippen LogP contribution in [0.3, 0.4) is 0 Å². The van der Waals surface area contributed by atoms with Gasteiger partial charge in [0.2, 0.25) is 0 Å². The van der Waals surface area contributed by atoms with E-state index in [1.807, 2.05) is 29.1 Å². The average Bonchev–Trinajstić information content (AvgIpc) is 2.83. The summed E-state index contributed by atoms with van der Waals surface area (Å²) in [6, 6.07) is 7.56. The zero-order chi connectivity index (χ0) is 13.8. The first-order valence-electron chi connectivity index (χ1n) is 5.89. The summed E-state index contributed by atoms with van der Waals surface area (Å²) in [4.78, 5) is 0.330. The SMILES string of the molecule is CC(Cn1cccn1)Nc1ccc(Cl)cc1C(N)=S. The molecule has 3 N–H and O–H groups in total. The summed E-state index contributed by atoms with van der Waals surface area (Å²) in [6.45, 7) is 2.83. The third kappa shape index (κ3) is 3.68. The molecule has 2 rings (SSSR count). The van der Waals surface area contributed by atoms with Crippen molar-refractivity contribution in [2.75, 3.05) is 5.32 Å². The molecule has 6 heteroatoms. The lowest BCUT2D eigenvalue weighted by atomic mass is 10.1. The molecular formula is C13H15ClN4S. The Hall–Kier alpha value is -1.59. The monoisotopic (exact) mass is 294 g/mol. The van der Waals surface area contributed by atoms with Gasteiger partial charge < -0.3 is 11.1 Å². The molecule has 1 heterocycles. The minimum atomic E-state index is 0.189. The van der Waals surface area contributed by atoms with Crippen molar-refractivity contribution in [3.05, 3.63) is 47.2 Å². The third-order valence-corrected chi connectivity index (χ3v) is 3.12. The van der Waals surface area contributed by atoms with Gasteiger partial charge in [-0.2, -0.15) is 5.10 Å². The Bertz CT molecular complexity index is 568. The first kappa shape index (κ1) is 13.8. The lowest BCUT2D eigenvalue weighted by Crippen LogP contribution is -2.24. The van der Waals surface area contributed by atoms with Crippen LogP contribution in [0.15, 0.2) is 36.7 Å². The quantitative estimate of drug-likeness (QED) is 0.833. The van der Waals surface area contributed by atoms with E-state index in [-0.39, 0.29) is 6.04 Å². The predicted molar refractivity (Wildman–Crippen MR) is 82.7 cm³/mol. The molecule has 4 nitrogen and oxygen atoms in total. The molecule has 0 radical (unpaired) electrons. The largest absolute Gasteiger partial charge is 0.389 e. The van der Waals surface area contributed by atoms with Crippen LogP contribution in [0.5, 0.6) is 0 Å². The van der Waals surface area contributed by atoms with Crippen LogP contribution in [-0.2, 0) is 6.54 Å². The highest BCUT2D eigenvalue weighted by molar-refractivity contribution is 7.80. The second-order valence-corrected chi connectivity index (χ2v) is 5.20. The molecule has 1 unspecified atom stereocenters. The standard InChI is InChI=1S/C13H15ClN4S/c1-9(8-18-6-2-5-16-18)17-12-4-3-10(14)7-11(12)13(15)19/h2-7,9,17H,8H2,1H3,(H2,15,19).